The summed E-state index contributed by atoms with van der Waals surface area (Å²) >= 11 is 1.22. The van der Waals surface area contributed by atoms with Gasteiger partial charge in [0.2, 0.25) is 0 Å². The third-order valence-electron chi connectivity index (χ3n) is 4.64. The van der Waals surface area contributed by atoms with Crippen LogP contribution in [0.3, 0.4) is 0 Å². The number of ether oxygens (including phenoxy) is 1. The van der Waals surface area contributed by atoms with Gasteiger partial charge in [-0.15, -0.1) is 11.3 Å². The average molecular weight is 357 g/mol. The van der Waals surface area contributed by atoms with E-state index < -0.39 is 10.0 Å². The molecule has 1 saturated carbocycles. The van der Waals surface area contributed by atoms with Crippen LogP contribution in [0.25, 0.3) is 0 Å². The Balaban J connectivity index is 1.62. The number of carbonyl (C=O) groups excluding carboxylic acids is 1. The van der Waals surface area contributed by atoms with E-state index >= 15 is 0 Å². The molecular weight excluding hydrogens is 334 g/mol. The van der Waals surface area contributed by atoms with Crippen molar-refractivity contribution >= 4 is 27.3 Å². The number of hydrogen-bond donors (Lipinski definition) is 0. The molecule has 2 heterocycles. The molecule has 0 spiro atoms. The Hall–Kier alpha value is -0.920. The molecule has 0 N–H and O–H groups in total. The molecule has 1 aromatic rings. The predicted molar refractivity (Wildman–Crippen MR) is 88.8 cm³/mol. The molecule has 2 fully saturated rings. The Kier molecular flexibility index (Phi) is 5.38. The summed E-state index contributed by atoms with van der Waals surface area (Å²) in [7, 11) is -3.47. The fourth-order valence-corrected chi connectivity index (χ4v) is 6.00. The molecule has 1 aliphatic heterocycles. The van der Waals surface area contributed by atoms with Gasteiger partial charge in [0.1, 0.15) is 10.3 Å². The van der Waals surface area contributed by atoms with E-state index in [9.17, 15) is 13.2 Å². The third kappa shape index (κ3) is 3.95. The number of piperidine rings is 1. The minimum Gasteiger partial charge on any atom is -0.462 e. The number of hydrogen-bond acceptors (Lipinski definition) is 5. The van der Waals surface area contributed by atoms with Gasteiger partial charge in [-0.1, -0.05) is 12.5 Å². The van der Waals surface area contributed by atoms with Crippen LogP contribution in [0, 0.1) is 5.92 Å². The lowest BCUT2D eigenvalue weighted by molar-refractivity contribution is -0.156. The average Bonchev–Trinajstić information content (AvgIpc) is 3.11. The first-order chi connectivity index (χ1) is 11.1. The van der Waals surface area contributed by atoms with Crippen LogP contribution in [0.5, 0.6) is 0 Å². The number of esters is 1. The topological polar surface area (TPSA) is 63.7 Å². The Morgan fingerprint density at radius 3 is 2.65 bits per heavy atom. The van der Waals surface area contributed by atoms with Gasteiger partial charge in [0.05, 0.1) is 5.92 Å². The molecule has 1 aliphatic carbocycles. The fourth-order valence-electron chi connectivity index (χ4n) is 3.33. The highest BCUT2D eigenvalue weighted by Gasteiger charge is 2.35. The molecule has 5 nitrogen and oxygen atoms in total. The molecule has 23 heavy (non-hydrogen) atoms. The summed E-state index contributed by atoms with van der Waals surface area (Å²) in [4.78, 5) is 12.4. The number of rotatable bonds is 4. The van der Waals surface area contributed by atoms with Gasteiger partial charge >= 0.3 is 5.97 Å². The Labute approximate surface area is 141 Å². The first-order valence-corrected chi connectivity index (χ1v) is 10.6. The van der Waals surface area contributed by atoms with E-state index in [-0.39, 0.29) is 24.5 Å². The summed E-state index contributed by atoms with van der Waals surface area (Å²) in [5, 5.41) is 1.76. The summed E-state index contributed by atoms with van der Waals surface area (Å²) < 4.78 is 32.6. The highest BCUT2D eigenvalue weighted by atomic mass is 32.2. The van der Waals surface area contributed by atoms with Crippen molar-refractivity contribution in [2.24, 2.45) is 5.92 Å². The molecule has 1 unspecified atom stereocenters. The van der Waals surface area contributed by atoms with Gasteiger partial charge in [-0.05, 0) is 50.0 Å². The molecule has 7 heteroatoms. The molecule has 0 amide bonds. The van der Waals surface area contributed by atoms with Crippen molar-refractivity contribution < 1.29 is 17.9 Å². The standard InChI is InChI=1S/C16H23NO4S2/c18-16(21-14-7-2-1-3-8-14)13-6-4-10-17(12-13)23(19,20)15-9-5-11-22-15/h5,9,11,13-14H,1-4,6-8,10,12H2. The summed E-state index contributed by atoms with van der Waals surface area (Å²) in [5.74, 6) is -0.552. The number of thiophene rings is 1. The van der Waals surface area contributed by atoms with Gasteiger partial charge in [-0.25, -0.2) is 8.42 Å². The second kappa shape index (κ2) is 7.32. The smallest absolute Gasteiger partial charge is 0.310 e. The molecule has 0 bridgehead atoms. The molecule has 2 aliphatic rings. The van der Waals surface area contributed by atoms with Crippen molar-refractivity contribution in [2.45, 2.75) is 55.3 Å². The molecule has 1 saturated heterocycles. The molecule has 3 rings (SSSR count). The Bertz CT molecular complexity index is 621. The first-order valence-electron chi connectivity index (χ1n) is 8.31. The molecule has 0 aromatic carbocycles. The van der Waals surface area contributed by atoms with Crippen LogP contribution in [-0.4, -0.2) is 37.9 Å². The van der Waals surface area contributed by atoms with E-state index in [0.29, 0.717) is 23.6 Å². The lowest BCUT2D eigenvalue weighted by atomic mass is 9.96. The van der Waals surface area contributed by atoms with Crippen LogP contribution < -0.4 is 0 Å². The molecule has 0 radical (unpaired) electrons. The Morgan fingerprint density at radius 2 is 1.96 bits per heavy atom. The zero-order valence-electron chi connectivity index (χ0n) is 13.1. The van der Waals surface area contributed by atoms with Crippen LogP contribution in [0.15, 0.2) is 21.7 Å². The molecule has 128 valence electrons. The van der Waals surface area contributed by atoms with E-state index in [0.717, 1.165) is 25.7 Å². The maximum atomic E-state index is 12.6. The van der Waals surface area contributed by atoms with E-state index in [1.807, 2.05) is 0 Å². The summed E-state index contributed by atoms with van der Waals surface area (Å²) in [6.45, 7) is 0.721. The molecule has 1 atom stereocenters. The second-order valence-corrected chi connectivity index (χ2v) is 9.44. The van der Waals surface area contributed by atoms with E-state index in [4.69, 9.17) is 4.74 Å². The summed E-state index contributed by atoms with van der Waals surface area (Å²) in [5.41, 5.74) is 0. The second-order valence-electron chi connectivity index (χ2n) is 6.33. The van der Waals surface area contributed by atoms with Crippen LogP contribution in [0.2, 0.25) is 0 Å². The maximum Gasteiger partial charge on any atom is 0.310 e. The largest absolute Gasteiger partial charge is 0.462 e. The van der Waals surface area contributed by atoms with Crippen LogP contribution in [-0.2, 0) is 19.6 Å². The summed E-state index contributed by atoms with van der Waals surface area (Å²) in [6.07, 6.45) is 6.76. The van der Waals surface area contributed by atoms with Gasteiger partial charge in [0, 0.05) is 13.1 Å². The number of sulfonamides is 1. The van der Waals surface area contributed by atoms with Gasteiger partial charge in [-0.3, -0.25) is 4.79 Å². The van der Waals surface area contributed by atoms with Gasteiger partial charge in [-0.2, -0.15) is 4.31 Å². The third-order valence-corrected chi connectivity index (χ3v) is 7.88. The van der Waals surface area contributed by atoms with Gasteiger partial charge < -0.3 is 4.74 Å². The highest BCUT2D eigenvalue weighted by Crippen LogP contribution is 2.28. The van der Waals surface area contributed by atoms with E-state index in [2.05, 4.69) is 0 Å². The lowest BCUT2D eigenvalue weighted by Crippen LogP contribution is -2.43. The quantitative estimate of drug-likeness (QED) is 0.777. The number of carbonyl (C=O) groups is 1. The fraction of sp³-hybridized carbons (Fsp3) is 0.688. The zero-order valence-corrected chi connectivity index (χ0v) is 14.8. The Morgan fingerprint density at radius 1 is 1.17 bits per heavy atom. The highest BCUT2D eigenvalue weighted by molar-refractivity contribution is 7.91. The SMILES string of the molecule is O=C(OC1CCCCC1)C1CCCN(S(=O)(=O)c2cccs2)C1. The first kappa shape index (κ1) is 16.9. The van der Waals surface area contributed by atoms with Crippen LogP contribution >= 0.6 is 11.3 Å². The van der Waals surface area contributed by atoms with Gasteiger partial charge in [0.15, 0.2) is 0 Å². The lowest BCUT2D eigenvalue weighted by Gasteiger charge is -2.31. The van der Waals surface area contributed by atoms with Crippen molar-refractivity contribution in [1.29, 1.82) is 0 Å². The normalized spacial score (nSPS) is 24.4. The summed E-state index contributed by atoms with van der Waals surface area (Å²) in [6, 6.07) is 3.35. The molecular formula is C16H23NO4S2. The maximum absolute atomic E-state index is 12.6. The van der Waals surface area contributed by atoms with Crippen molar-refractivity contribution in [3.63, 3.8) is 0 Å². The van der Waals surface area contributed by atoms with Crippen molar-refractivity contribution in [3.8, 4) is 0 Å². The molecule has 1 aromatic heterocycles. The van der Waals surface area contributed by atoms with Crippen LogP contribution in [0.4, 0.5) is 0 Å². The monoisotopic (exact) mass is 357 g/mol. The van der Waals surface area contributed by atoms with E-state index in [1.54, 1.807) is 17.5 Å². The predicted octanol–water partition coefficient (Wildman–Crippen LogP) is 3.02. The van der Waals surface area contributed by atoms with Crippen molar-refractivity contribution in [2.75, 3.05) is 13.1 Å². The minimum absolute atomic E-state index is 0.0283. The van der Waals surface area contributed by atoms with Crippen molar-refractivity contribution in [1.82, 2.24) is 4.31 Å². The minimum atomic E-state index is -3.47. The zero-order chi connectivity index (χ0) is 16.3. The van der Waals surface area contributed by atoms with Crippen LogP contribution in [0.1, 0.15) is 44.9 Å². The number of nitrogens with zero attached hydrogens (tertiary/aromatic N) is 1. The van der Waals surface area contributed by atoms with Crippen molar-refractivity contribution in [3.05, 3.63) is 17.5 Å². The van der Waals surface area contributed by atoms with Gasteiger partial charge in [0.25, 0.3) is 10.0 Å². The van der Waals surface area contributed by atoms with E-state index in [1.165, 1.54) is 22.1 Å².